The van der Waals surface area contributed by atoms with Crippen molar-refractivity contribution in [2.75, 3.05) is 27.7 Å². The first-order chi connectivity index (χ1) is 12.0. The molecule has 0 heterocycles. The number of nitrogens with zero attached hydrogens (tertiary/aromatic N) is 1. The van der Waals surface area contributed by atoms with Gasteiger partial charge in [0.05, 0.1) is 27.7 Å². The molecular formula is C23H48NO+. The van der Waals surface area contributed by atoms with E-state index in [2.05, 4.69) is 28.1 Å². The van der Waals surface area contributed by atoms with E-state index >= 15 is 0 Å². The Labute approximate surface area is 159 Å². The summed E-state index contributed by atoms with van der Waals surface area (Å²) in [7, 11) is 6.65. The normalized spacial score (nSPS) is 11.8. The van der Waals surface area contributed by atoms with E-state index in [0.717, 1.165) is 30.2 Å². The second-order valence-electron chi connectivity index (χ2n) is 9.00. The summed E-state index contributed by atoms with van der Waals surface area (Å²) in [6.45, 7) is 3.45. The summed E-state index contributed by atoms with van der Waals surface area (Å²) in [4.78, 5) is 11.9. The number of hydrogen-bond acceptors (Lipinski definition) is 1. The van der Waals surface area contributed by atoms with Gasteiger partial charge < -0.3 is 4.48 Å². The molecule has 0 radical (unpaired) electrons. The van der Waals surface area contributed by atoms with Crippen molar-refractivity contribution >= 4 is 5.78 Å². The van der Waals surface area contributed by atoms with E-state index in [-0.39, 0.29) is 0 Å². The van der Waals surface area contributed by atoms with Crippen LogP contribution in [0.1, 0.15) is 116 Å². The number of unbranched alkanes of at least 4 members (excludes halogenated alkanes) is 13. The van der Waals surface area contributed by atoms with Crippen molar-refractivity contribution in [3.8, 4) is 0 Å². The van der Waals surface area contributed by atoms with Gasteiger partial charge in [-0.25, -0.2) is 0 Å². The highest BCUT2D eigenvalue weighted by Crippen LogP contribution is 2.13. The average molecular weight is 355 g/mol. The lowest BCUT2D eigenvalue weighted by Gasteiger charge is -2.23. The molecule has 0 aromatic rings. The van der Waals surface area contributed by atoms with Gasteiger partial charge in [0.1, 0.15) is 5.78 Å². The number of rotatable bonds is 19. The van der Waals surface area contributed by atoms with Crippen molar-refractivity contribution in [3.63, 3.8) is 0 Å². The molecule has 0 aromatic heterocycles. The minimum absolute atomic E-state index is 0.490. The Hall–Kier alpha value is -0.370. The van der Waals surface area contributed by atoms with Crippen molar-refractivity contribution in [1.29, 1.82) is 0 Å². The Bertz CT molecular complexity index is 293. The SMILES string of the molecule is CCCCCCCCCCCCCCCC(=O)CCCC[N+](C)(C)C. The third-order valence-corrected chi connectivity index (χ3v) is 5.09. The molecule has 0 fully saturated rings. The molecule has 0 aliphatic carbocycles. The van der Waals surface area contributed by atoms with E-state index in [0.29, 0.717) is 5.78 Å². The maximum absolute atomic E-state index is 11.9. The molecule has 0 aromatic carbocycles. The summed E-state index contributed by atoms with van der Waals surface area (Å²) in [5, 5.41) is 0. The third kappa shape index (κ3) is 21.6. The molecule has 2 nitrogen and oxygen atoms in total. The van der Waals surface area contributed by atoms with Gasteiger partial charge in [0, 0.05) is 12.8 Å². The second-order valence-corrected chi connectivity index (χ2v) is 9.00. The Kier molecular flexibility index (Phi) is 16.8. The number of carbonyl (C=O) groups is 1. The quantitative estimate of drug-likeness (QED) is 0.182. The molecule has 0 rings (SSSR count). The van der Waals surface area contributed by atoms with Gasteiger partial charge in [0.15, 0.2) is 0 Å². The summed E-state index contributed by atoms with van der Waals surface area (Å²) < 4.78 is 1.01. The van der Waals surface area contributed by atoms with Crippen LogP contribution in [0.4, 0.5) is 0 Å². The highest BCUT2D eigenvalue weighted by atomic mass is 16.1. The molecule has 0 unspecified atom stereocenters. The van der Waals surface area contributed by atoms with E-state index in [1.54, 1.807) is 0 Å². The summed E-state index contributed by atoms with van der Waals surface area (Å²) in [5.41, 5.74) is 0. The average Bonchev–Trinajstić information content (AvgIpc) is 2.55. The van der Waals surface area contributed by atoms with Gasteiger partial charge in [-0.2, -0.15) is 0 Å². The Balaban J connectivity index is 3.18. The van der Waals surface area contributed by atoms with Gasteiger partial charge in [0.25, 0.3) is 0 Å². The standard InChI is InChI=1S/C23H48NO/c1-5-6-7-8-9-10-11-12-13-14-15-16-17-20-23(25)21-18-19-22-24(2,3)4/h5-22H2,1-4H3/q+1. The number of quaternary nitrogens is 1. The fourth-order valence-corrected chi connectivity index (χ4v) is 3.37. The topological polar surface area (TPSA) is 17.1 Å². The summed E-state index contributed by atoms with van der Waals surface area (Å²) >= 11 is 0. The zero-order valence-electron chi connectivity index (χ0n) is 18.1. The molecule has 150 valence electrons. The van der Waals surface area contributed by atoms with Crippen LogP contribution in [0.3, 0.4) is 0 Å². The lowest BCUT2D eigenvalue weighted by atomic mass is 10.0. The van der Waals surface area contributed by atoms with Crippen LogP contribution in [-0.2, 0) is 4.79 Å². The van der Waals surface area contributed by atoms with Gasteiger partial charge in [-0.15, -0.1) is 0 Å². The predicted octanol–water partition coefficient (Wildman–Crippen LogP) is 6.91. The molecule has 0 spiro atoms. The van der Waals surface area contributed by atoms with E-state index in [4.69, 9.17) is 0 Å². The number of hydrogen-bond donors (Lipinski definition) is 0. The van der Waals surface area contributed by atoms with Gasteiger partial charge in [-0.1, -0.05) is 84.0 Å². The lowest BCUT2D eigenvalue weighted by Crippen LogP contribution is -2.35. The van der Waals surface area contributed by atoms with Crippen LogP contribution < -0.4 is 0 Å². The van der Waals surface area contributed by atoms with E-state index in [1.807, 2.05) is 0 Å². The van der Waals surface area contributed by atoms with Crippen molar-refractivity contribution in [2.45, 2.75) is 116 Å². The molecular weight excluding hydrogens is 306 g/mol. The van der Waals surface area contributed by atoms with E-state index in [9.17, 15) is 4.79 Å². The minimum atomic E-state index is 0.490. The first-order valence-electron chi connectivity index (χ1n) is 11.3. The summed E-state index contributed by atoms with van der Waals surface area (Å²) in [6.07, 6.45) is 21.7. The third-order valence-electron chi connectivity index (χ3n) is 5.09. The first-order valence-corrected chi connectivity index (χ1v) is 11.3. The predicted molar refractivity (Wildman–Crippen MR) is 112 cm³/mol. The van der Waals surface area contributed by atoms with Crippen molar-refractivity contribution in [2.24, 2.45) is 0 Å². The fourth-order valence-electron chi connectivity index (χ4n) is 3.37. The van der Waals surface area contributed by atoms with Gasteiger partial charge in [-0.05, 0) is 19.3 Å². The van der Waals surface area contributed by atoms with Crippen LogP contribution in [0.25, 0.3) is 0 Å². The highest BCUT2D eigenvalue weighted by molar-refractivity contribution is 5.78. The minimum Gasteiger partial charge on any atom is -0.331 e. The smallest absolute Gasteiger partial charge is 0.132 e. The van der Waals surface area contributed by atoms with Crippen LogP contribution >= 0.6 is 0 Å². The molecule has 0 saturated heterocycles. The van der Waals surface area contributed by atoms with Gasteiger partial charge in [0.2, 0.25) is 0 Å². The zero-order chi connectivity index (χ0) is 18.8. The monoisotopic (exact) mass is 354 g/mol. The van der Waals surface area contributed by atoms with Crippen LogP contribution in [0.5, 0.6) is 0 Å². The van der Waals surface area contributed by atoms with Crippen LogP contribution in [0, 0.1) is 0 Å². The first kappa shape index (κ1) is 24.6. The van der Waals surface area contributed by atoms with Crippen LogP contribution in [0.2, 0.25) is 0 Å². The Morgan fingerprint density at radius 3 is 1.32 bits per heavy atom. The number of carbonyl (C=O) groups excluding carboxylic acids is 1. The number of ketones is 1. The molecule has 0 aliphatic heterocycles. The molecule has 0 atom stereocenters. The van der Waals surface area contributed by atoms with Crippen LogP contribution in [-0.4, -0.2) is 38.0 Å². The molecule has 0 amide bonds. The Morgan fingerprint density at radius 2 is 0.920 bits per heavy atom. The fraction of sp³-hybridized carbons (Fsp3) is 0.957. The van der Waals surface area contributed by atoms with E-state index in [1.165, 1.54) is 90.0 Å². The van der Waals surface area contributed by atoms with E-state index < -0.39 is 0 Å². The molecule has 0 N–H and O–H groups in total. The summed E-state index contributed by atoms with van der Waals surface area (Å²) in [5.74, 6) is 0.490. The molecule has 25 heavy (non-hydrogen) atoms. The van der Waals surface area contributed by atoms with Crippen molar-refractivity contribution in [1.82, 2.24) is 0 Å². The zero-order valence-corrected chi connectivity index (χ0v) is 18.1. The van der Waals surface area contributed by atoms with Crippen molar-refractivity contribution in [3.05, 3.63) is 0 Å². The maximum atomic E-state index is 11.9. The molecule has 0 aliphatic rings. The van der Waals surface area contributed by atoms with Gasteiger partial charge in [-0.3, -0.25) is 4.79 Å². The largest absolute Gasteiger partial charge is 0.331 e. The maximum Gasteiger partial charge on any atom is 0.132 e. The van der Waals surface area contributed by atoms with Gasteiger partial charge >= 0.3 is 0 Å². The highest BCUT2D eigenvalue weighted by Gasteiger charge is 2.07. The molecule has 0 saturated carbocycles. The van der Waals surface area contributed by atoms with Crippen LogP contribution in [0.15, 0.2) is 0 Å². The lowest BCUT2D eigenvalue weighted by molar-refractivity contribution is -0.870. The molecule has 0 bridgehead atoms. The second kappa shape index (κ2) is 17.1. The summed E-state index contributed by atoms with van der Waals surface area (Å²) in [6, 6.07) is 0. The Morgan fingerprint density at radius 1 is 0.560 bits per heavy atom. The molecule has 2 heteroatoms. The number of Topliss-reactive ketones (excluding diaryl/α,β-unsaturated/α-hetero) is 1. The van der Waals surface area contributed by atoms with Crippen molar-refractivity contribution < 1.29 is 9.28 Å².